The number of rotatable bonds is 6. The molecule has 0 amide bonds. The minimum absolute atomic E-state index is 0.0603. The van der Waals surface area contributed by atoms with Gasteiger partial charge in [-0.3, -0.25) is 9.69 Å². The molecule has 140 valence electrons. The Kier molecular flexibility index (Phi) is 6.15. The van der Waals surface area contributed by atoms with E-state index in [0.29, 0.717) is 10.9 Å². The fourth-order valence-electron chi connectivity index (χ4n) is 3.80. The van der Waals surface area contributed by atoms with Crippen LogP contribution < -0.4 is 0 Å². The van der Waals surface area contributed by atoms with Gasteiger partial charge in [0.1, 0.15) is 0 Å². The molecule has 0 N–H and O–H groups in total. The summed E-state index contributed by atoms with van der Waals surface area (Å²) in [5.41, 5.74) is 3.01. The van der Waals surface area contributed by atoms with Crippen LogP contribution in [0, 0.1) is 18.8 Å². The molecule has 0 saturated carbocycles. The fourth-order valence-corrected chi connectivity index (χ4v) is 4.03. The molecule has 3 rings (SSSR count). The van der Waals surface area contributed by atoms with Gasteiger partial charge in [-0.15, -0.1) is 0 Å². The van der Waals surface area contributed by atoms with Gasteiger partial charge in [-0.05, 0) is 56.0 Å². The summed E-state index contributed by atoms with van der Waals surface area (Å²) in [5.74, 6) is 0.899. The van der Waals surface area contributed by atoms with Gasteiger partial charge in [0.2, 0.25) is 0 Å². The number of piperidine rings is 1. The van der Waals surface area contributed by atoms with Crippen molar-refractivity contribution in [1.29, 1.82) is 0 Å². The standard InChI is InChI=1S/C21H28ClN3O/c1-15(2)11-25-14-23-10-19(25)13-24-8-4-5-17(12-24)21(26)20-7-6-18(22)9-16(20)3/h6-7,9-10,14-15,17H,4-5,8,11-13H2,1-3H3. The maximum atomic E-state index is 13.0. The van der Waals surface area contributed by atoms with Gasteiger partial charge in [0.25, 0.3) is 0 Å². The molecule has 1 aromatic carbocycles. The van der Waals surface area contributed by atoms with Crippen LogP contribution in [0.2, 0.25) is 5.02 Å². The number of ketones is 1. The predicted molar refractivity (Wildman–Crippen MR) is 106 cm³/mol. The number of aryl methyl sites for hydroxylation is 1. The molecule has 5 heteroatoms. The number of Topliss-reactive ketones (excluding diaryl/α,β-unsaturated/α-hetero) is 1. The summed E-state index contributed by atoms with van der Waals surface area (Å²) in [6, 6.07) is 5.56. The second-order valence-electron chi connectivity index (χ2n) is 7.83. The van der Waals surface area contributed by atoms with Crippen molar-refractivity contribution in [2.24, 2.45) is 11.8 Å². The Balaban J connectivity index is 1.67. The second kappa shape index (κ2) is 8.36. The van der Waals surface area contributed by atoms with Crippen LogP contribution in [-0.2, 0) is 13.1 Å². The summed E-state index contributed by atoms with van der Waals surface area (Å²) in [5, 5.41) is 0.683. The van der Waals surface area contributed by atoms with E-state index in [1.165, 1.54) is 5.69 Å². The first-order valence-electron chi connectivity index (χ1n) is 9.45. The van der Waals surface area contributed by atoms with Crippen molar-refractivity contribution in [3.8, 4) is 0 Å². The Morgan fingerprint density at radius 1 is 1.38 bits per heavy atom. The number of halogens is 1. The molecule has 0 bridgehead atoms. The highest BCUT2D eigenvalue weighted by molar-refractivity contribution is 6.30. The molecule has 1 atom stereocenters. The van der Waals surface area contributed by atoms with Gasteiger partial charge in [0, 0.05) is 42.3 Å². The van der Waals surface area contributed by atoms with Crippen molar-refractivity contribution in [2.45, 2.75) is 46.7 Å². The van der Waals surface area contributed by atoms with Crippen LogP contribution in [0.25, 0.3) is 0 Å². The second-order valence-corrected chi connectivity index (χ2v) is 8.27. The molecule has 1 aliphatic heterocycles. The third-order valence-corrected chi connectivity index (χ3v) is 5.31. The molecular weight excluding hydrogens is 346 g/mol. The molecule has 0 aliphatic carbocycles. The Morgan fingerprint density at radius 3 is 2.92 bits per heavy atom. The lowest BCUT2D eigenvalue weighted by molar-refractivity contribution is 0.0808. The van der Waals surface area contributed by atoms with Gasteiger partial charge in [-0.1, -0.05) is 25.4 Å². The number of hydrogen-bond donors (Lipinski definition) is 0. The van der Waals surface area contributed by atoms with Gasteiger partial charge in [0.15, 0.2) is 5.78 Å². The van der Waals surface area contributed by atoms with Crippen LogP contribution in [0.5, 0.6) is 0 Å². The molecule has 1 saturated heterocycles. The number of hydrogen-bond acceptors (Lipinski definition) is 3. The van der Waals surface area contributed by atoms with E-state index in [0.717, 1.165) is 50.1 Å². The zero-order valence-electron chi connectivity index (χ0n) is 15.9. The molecule has 2 aromatic rings. The van der Waals surface area contributed by atoms with Gasteiger partial charge in [-0.25, -0.2) is 4.98 Å². The van der Waals surface area contributed by atoms with Crippen molar-refractivity contribution in [1.82, 2.24) is 14.5 Å². The number of aromatic nitrogens is 2. The quantitative estimate of drug-likeness (QED) is 0.695. The van der Waals surface area contributed by atoms with Crippen molar-refractivity contribution >= 4 is 17.4 Å². The van der Waals surface area contributed by atoms with Crippen molar-refractivity contribution in [2.75, 3.05) is 13.1 Å². The molecule has 1 fully saturated rings. The number of carbonyl (C=O) groups is 1. The summed E-state index contributed by atoms with van der Waals surface area (Å²) < 4.78 is 2.24. The zero-order chi connectivity index (χ0) is 18.7. The van der Waals surface area contributed by atoms with Crippen LogP contribution in [-0.4, -0.2) is 33.3 Å². The molecule has 1 aliphatic rings. The lowest BCUT2D eigenvalue weighted by Crippen LogP contribution is -2.38. The highest BCUT2D eigenvalue weighted by Gasteiger charge is 2.27. The van der Waals surface area contributed by atoms with Crippen molar-refractivity contribution in [3.05, 3.63) is 52.6 Å². The number of likely N-dealkylation sites (tertiary alicyclic amines) is 1. The van der Waals surface area contributed by atoms with E-state index in [9.17, 15) is 4.79 Å². The lowest BCUT2D eigenvalue weighted by atomic mass is 9.88. The van der Waals surface area contributed by atoms with Crippen LogP contribution in [0.4, 0.5) is 0 Å². The van der Waals surface area contributed by atoms with Crippen LogP contribution >= 0.6 is 11.6 Å². The Hall–Kier alpha value is -1.65. The van der Waals surface area contributed by atoms with Crippen LogP contribution in [0.1, 0.15) is 48.3 Å². The van der Waals surface area contributed by atoms with Gasteiger partial charge >= 0.3 is 0 Å². The fraction of sp³-hybridized carbons (Fsp3) is 0.524. The molecule has 0 spiro atoms. The minimum atomic E-state index is 0.0603. The average molecular weight is 374 g/mol. The van der Waals surface area contributed by atoms with E-state index in [1.54, 1.807) is 0 Å². The molecule has 0 radical (unpaired) electrons. The van der Waals surface area contributed by atoms with Gasteiger partial charge < -0.3 is 4.57 Å². The van der Waals surface area contributed by atoms with E-state index >= 15 is 0 Å². The SMILES string of the molecule is Cc1cc(Cl)ccc1C(=O)C1CCCN(Cc2cncn2CC(C)C)C1. The first-order chi connectivity index (χ1) is 12.4. The molecule has 2 heterocycles. The van der Waals surface area contributed by atoms with Crippen LogP contribution in [0.3, 0.4) is 0 Å². The summed E-state index contributed by atoms with van der Waals surface area (Å²) >= 11 is 6.03. The van der Waals surface area contributed by atoms with Gasteiger partial charge in [0.05, 0.1) is 12.0 Å². The van der Waals surface area contributed by atoms with E-state index in [-0.39, 0.29) is 11.7 Å². The Morgan fingerprint density at radius 2 is 2.19 bits per heavy atom. The van der Waals surface area contributed by atoms with Crippen LogP contribution in [0.15, 0.2) is 30.7 Å². The number of carbonyl (C=O) groups excluding carboxylic acids is 1. The highest BCUT2D eigenvalue weighted by Crippen LogP contribution is 2.25. The predicted octanol–water partition coefficient (Wildman–Crippen LogP) is 4.60. The van der Waals surface area contributed by atoms with Crippen molar-refractivity contribution < 1.29 is 4.79 Å². The third kappa shape index (κ3) is 4.54. The molecule has 1 unspecified atom stereocenters. The summed E-state index contributed by atoms with van der Waals surface area (Å²) in [6.07, 6.45) is 5.89. The summed E-state index contributed by atoms with van der Waals surface area (Å²) in [7, 11) is 0. The van der Waals surface area contributed by atoms with E-state index in [2.05, 4.69) is 28.3 Å². The number of benzene rings is 1. The molecule has 1 aromatic heterocycles. The first kappa shape index (κ1) is 19.1. The smallest absolute Gasteiger partial charge is 0.167 e. The Labute approximate surface area is 161 Å². The topological polar surface area (TPSA) is 38.1 Å². The first-order valence-corrected chi connectivity index (χ1v) is 9.83. The van der Waals surface area contributed by atoms with Crippen molar-refractivity contribution in [3.63, 3.8) is 0 Å². The van der Waals surface area contributed by atoms with E-state index in [4.69, 9.17) is 11.6 Å². The van der Waals surface area contributed by atoms with E-state index in [1.807, 2.05) is 37.6 Å². The molecule has 26 heavy (non-hydrogen) atoms. The maximum Gasteiger partial charge on any atom is 0.167 e. The largest absolute Gasteiger partial charge is 0.333 e. The molecule has 4 nitrogen and oxygen atoms in total. The number of imidazole rings is 1. The monoisotopic (exact) mass is 373 g/mol. The average Bonchev–Trinajstić information content (AvgIpc) is 3.00. The third-order valence-electron chi connectivity index (χ3n) is 5.08. The zero-order valence-corrected chi connectivity index (χ0v) is 16.7. The maximum absolute atomic E-state index is 13.0. The normalized spacial score (nSPS) is 18.4. The Bertz CT molecular complexity index is 768. The number of nitrogens with zero attached hydrogens (tertiary/aromatic N) is 3. The lowest BCUT2D eigenvalue weighted by Gasteiger charge is -2.32. The highest BCUT2D eigenvalue weighted by atomic mass is 35.5. The minimum Gasteiger partial charge on any atom is -0.333 e. The molecular formula is C21H28ClN3O. The summed E-state index contributed by atoms with van der Waals surface area (Å²) in [4.78, 5) is 19.7. The van der Waals surface area contributed by atoms with Gasteiger partial charge in [-0.2, -0.15) is 0 Å². The summed E-state index contributed by atoms with van der Waals surface area (Å²) in [6.45, 7) is 10.1. The van der Waals surface area contributed by atoms with E-state index < -0.39 is 0 Å².